The van der Waals surface area contributed by atoms with Crippen molar-refractivity contribution in [3.63, 3.8) is 0 Å². The molecule has 1 amide bonds. The molecule has 1 N–H and O–H groups in total. The molecule has 0 aliphatic rings. The van der Waals surface area contributed by atoms with Crippen molar-refractivity contribution in [3.8, 4) is 17.2 Å². The molecule has 0 aliphatic heterocycles. The summed E-state index contributed by atoms with van der Waals surface area (Å²) in [6.07, 6.45) is 4.00. The van der Waals surface area contributed by atoms with Gasteiger partial charge in [0.2, 0.25) is 5.91 Å². The van der Waals surface area contributed by atoms with E-state index in [0.29, 0.717) is 24.5 Å². The Kier molecular flexibility index (Phi) is 6.89. The summed E-state index contributed by atoms with van der Waals surface area (Å²) in [5.41, 5.74) is 2.01. The van der Waals surface area contributed by atoms with Crippen LogP contribution in [0.5, 0.6) is 17.2 Å². The predicted octanol–water partition coefficient (Wildman–Crippen LogP) is 3.08. The number of benzene rings is 2. The molecular weight excluding hydrogens is 318 g/mol. The number of hydrogen-bond donors (Lipinski definition) is 1. The summed E-state index contributed by atoms with van der Waals surface area (Å²) in [4.78, 5) is 11.9. The van der Waals surface area contributed by atoms with E-state index >= 15 is 0 Å². The molecule has 0 saturated heterocycles. The van der Waals surface area contributed by atoms with Crippen LogP contribution < -0.4 is 19.5 Å². The maximum absolute atomic E-state index is 11.9. The molecule has 2 aromatic rings. The molecule has 2 aromatic carbocycles. The Morgan fingerprint density at radius 3 is 2.32 bits per heavy atom. The smallest absolute Gasteiger partial charge is 0.244 e. The number of carbonyl (C=O) groups is 1. The summed E-state index contributed by atoms with van der Waals surface area (Å²) in [6.45, 7) is 0.543. The number of hydrogen-bond acceptors (Lipinski definition) is 4. The fourth-order valence-electron chi connectivity index (χ4n) is 2.31. The van der Waals surface area contributed by atoms with Crippen molar-refractivity contribution in [2.24, 2.45) is 0 Å². The normalized spacial score (nSPS) is 10.5. The Bertz CT molecular complexity index is 723. The molecule has 0 aliphatic carbocycles. The molecule has 0 unspecified atom stereocenters. The van der Waals surface area contributed by atoms with E-state index in [1.807, 2.05) is 42.5 Å². The van der Waals surface area contributed by atoms with E-state index in [9.17, 15) is 4.79 Å². The summed E-state index contributed by atoms with van der Waals surface area (Å²) in [6, 6.07) is 13.2. The van der Waals surface area contributed by atoms with Crippen LogP contribution in [0.3, 0.4) is 0 Å². The molecule has 0 atom stereocenters. The van der Waals surface area contributed by atoms with Crippen LogP contribution in [-0.4, -0.2) is 33.8 Å². The maximum Gasteiger partial charge on any atom is 0.244 e. The molecule has 0 radical (unpaired) electrons. The Morgan fingerprint density at radius 2 is 1.68 bits per heavy atom. The van der Waals surface area contributed by atoms with Crippen LogP contribution in [0.4, 0.5) is 0 Å². The van der Waals surface area contributed by atoms with Gasteiger partial charge in [0.25, 0.3) is 0 Å². The molecule has 132 valence electrons. The van der Waals surface area contributed by atoms with Gasteiger partial charge in [0.1, 0.15) is 5.75 Å². The van der Waals surface area contributed by atoms with Gasteiger partial charge in [-0.2, -0.15) is 0 Å². The Hall–Kier alpha value is -2.95. The van der Waals surface area contributed by atoms with Gasteiger partial charge in [-0.3, -0.25) is 4.79 Å². The number of methoxy groups -OCH3 is 3. The molecule has 0 heterocycles. The third kappa shape index (κ3) is 5.57. The molecule has 5 nitrogen and oxygen atoms in total. The fraction of sp³-hybridized carbons (Fsp3) is 0.250. The third-order valence-electron chi connectivity index (χ3n) is 3.70. The van der Waals surface area contributed by atoms with Gasteiger partial charge in [-0.15, -0.1) is 0 Å². The van der Waals surface area contributed by atoms with Crippen molar-refractivity contribution in [1.29, 1.82) is 0 Å². The van der Waals surface area contributed by atoms with Crippen LogP contribution in [0.15, 0.2) is 48.5 Å². The number of nitrogens with one attached hydrogen (secondary N) is 1. The molecule has 0 fully saturated rings. The maximum atomic E-state index is 11.9. The topological polar surface area (TPSA) is 56.8 Å². The van der Waals surface area contributed by atoms with Crippen LogP contribution in [0.1, 0.15) is 11.1 Å². The summed E-state index contributed by atoms with van der Waals surface area (Å²) in [7, 11) is 4.83. The zero-order valence-electron chi connectivity index (χ0n) is 14.7. The second-order valence-electron chi connectivity index (χ2n) is 5.34. The lowest BCUT2D eigenvalue weighted by Crippen LogP contribution is -2.23. The van der Waals surface area contributed by atoms with Crippen molar-refractivity contribution >= 4 is 12.0 Å². The first-order valence-corrected chi connectivity index (χ1v) is 7.97. The van der Waals surface area contributed by atoms with Gasteiger partial charge in [-0.25, -0.2) is 0 Å². The van der Waals surface area contributed by atoms with Gasteiger partial charge in [-0.05, 0) is 47.9 Å². The van der Waals surface area contributed by atoms with Gasteiger partial charge in [0.05, 0.1) is 21.3 Å². The number of amides is 1. The van der Waals surface area contributed by atoms with Crippen molar-refractivity contribution < 1.29 is 19.0 Å². The second-order valence-corrected chi connectivity index (χ2v) is 5.34. The van der Waals surface area contributed by atoms with E-state index in [2.05, 4.69) is 5.32 Å². The van der Waals surface area contributed by atoms with Crippen molar-refractivity contribution in [1.82, 2.24) is 5.32 Å². The molecule has 5 heteroatoms. The largest absolute Gasteiger partial charge is 0.497 e. The van der Waals surface area contributed by atoms with Gasteiger partial charge in [0.15, 0.2) is 11.5 Å². The van der Waals surface area contributed by atoms with Crippen molar-refractivity contribution in [2.75, 3.05) is 27.9 Å². The van der Waals surface area contributed by atoms with Gasteiger partial charge >= 0.3 is 0 Å². The molecule has 0 saturated carbocycles. The third-order valence-corrected chi connectivity index (χ3v) is 3.70. The zero-order chi connectivity index (χ0) is 18.1. The van der Waals surface area contributed by atoms with Crippen LogP contribution in [0.25, 0.3) is 6.08 Å². The van der Waals surface area contributed by atoms with E-state index in [-0.39, 0.29) is 5.91 Å². The fourth-order valence-corrected chi connectivity index (χ4v) is 2.31. The van der Waals surface area contributed by atoms with Crippen molar-refractivity contribution in [2.45, 2.75) is 6.42 Å². The monoisotopic (exact) mass is 341 g/mol. The highest BCUT2D eigenvalue weighted by Crippen LogP contribution is 2.27. The molecule has 0 aromatic heterocycles. The van der Waals surface area contributed by atoms with E-state index in [1.165, 1.54) is 6.08 Å². The SMILES string of the molecule is COc1ccc(/C=C/C(=O)NCCc2ccc(OC)c(OC)c2)cc1. The van der Waals surface area contributed by atoms with E-state index < -0.39 is 0 Å². The lowest BCUT2D eigenvalue weighted by atomic mass is 10.1. The van der Waals surface area contributed by atoms with E-state index in [0.717, 1.165) is 16.9 Å². The van der Waals surface area contributed by atoms with Gasteiger partial charge in [-0.1, -0.05) is 18.2 Å². The van der Waals surface area contributed by atoms with E-state index in [1.54, 1.807) is 27.4 Å². The lowest BCUT2D eigenvalue weighted by Gasteiger charge is -2.09. The average molecular weight is 341 g/mol. The Morgan fingerprint density at radius 1 is 0.960 bits per heavy atom. The summed E-state index contributed by atoms with van der Waals surface area (Å²) >= 11 is 0. The molecule has 0 spiro atoms. The second kappa shape index (κ2) is 9.37. The number of ether oxygens (including phenoxy) is 3. The minimum atomic E-state index is -0.128. The first-order valence-electron chi connectivity index (χ1n) is 7.97. The first-order chi connectivity index (χ1) is 12.2. The quantitative estimate of drug-likeness (QED) is 0.750. The summed E-state index contributed by atoms with van der Waals surface area (Å²) in [5, 5.41) is 2.87. The number of carbonyl (C=O) groups excluding carboxylic acids is 1. The van der Waals surface area contributed by atoms with Crippen LogP contribution >= 0.6 is 0 Å². The first kappa shape index (κ1) is 18.4. The lowest BCUT2D eigenvalue weighted by molar-refractivity contribution is -0.116. The molecule has 0 bridgehead atoms. The van der Waals surface area contributed by atoms with Crippen LogP contribution in [-0.2, 0) is 11.2 Å². The predicted molar refractivity (Wildman–Crippen MR) is 98.3 cm³/mol. The van der Waals surface area contributed by atoms with Gasteiger partial charge < -0.3 is 19.5 Å². The molecular formula is C20H23NO4. The molecule has 25 heavy (non-hydrogen) atoms. The van der Waals surface area contributed by atoms with Gasteiger partial charge in [0, 0.05) is 12.6 Å². The zero-order valence-corrected chi connectivity index (χ0v) is 14.7. The Labute approximate surface area is 148 Å². The van der Waals surface area contributed by atoms with E-state index in [4.69, 9.17) is 14.2 Å². The van der Waals surface area contributed by atoms with Crippen LogP contribution in [0, 0.1) is 0 Å². The highest BCUT2D eigenvalue weighted by atomic mass is 16.5. The Balaban J connectivity index is 1.82. The van der Waals surface area contributed by atoms with Crippen molar-refractivity contribution in [3.05, 3.63) is 59.7 Å². The minimum Gasteiger partial charge on any atom is -0.497 e. The number of rotatable bonds is 8. The highest BCUT2D eigenvalue weighted by molar-refractivity contribution is 5.91. The standard InChI is InChI=1S/C20H23NO4/c1-23-17-8-4-15(5-9-17)7-11-20(22)21-13-12-16-6-10-18(24-2)19(14-16)25-3/h4-11,14H,12-13H2,1-3H3,(H,21,22)/b11-7+. The average Bonchev–Trinajstić information content (AvgIpc) is 2.66. The molecule has 2 rings (SSSR count). The minimum absolute atomic E-state index is 0.128. The summed E-state index contributed by atoms with van der Waals surface area (Å²) < 4.78 is 15.6. The summed E-state index contributed by atoms with van der Waals surface area (Å²) in [5.74, 6) is 2.04. The van der Waals surface area contributed by atoms with Crippen LogP contribution in [0.2, 0.25) is 0 Å². The highest BCUT2D eigenvalue weighted by Gasteiger charge is 2.04.